The molecule has 2 aliphatic heterocycles. The maximum absolute atomic E-state index is 13.6. The zero-order valence-corrected chi connectivity index (χ0v) is 19.2. The Hall–Kier alpha value is -4.26. The molecule has 0 unspecified atom stereocenters. The Balaban J connectivity index is 1.55. The molecule has 5 rings (SSSR count). The van der Waals surface area contributed by atoms with Crippen LogP contribution >= 0.6 is 0 Å². The summed E-state index contributed by atoms with van der Waals surface area (Å²) in [5.74, 6) is 1.08. The third-order valence-electron chi connectivity index (χ3n) is 6.13. The van der Waals surface area contributed by atoms with Crippen molar-refractivity contribution < 1.29 is 23.8 Å². The van der Waals surface area contributed by atoms with Crippen molar-refractivity contribution in [3.8, 4) is 17.2 Å². The number of carbonyl (C=O) groups excluding carboxylic acids is 2. The van der Waals surface area contributed by atoms with Gasteiger partial charge in [-0.2, -0.15) is 0 Å². The van der Waals surface area contributed by atoms with E-state index < -0.39 is 5.91 Å². The second-order valence-corrected chi connectivity index (χ2v) is 8.25. The van der Waals surface area contributed by atoms with E-state index in [2.05, 4.69) is 5.32 Å². The summed E-state index contributed by atoms with van der Waals surface area (Å²) in [6.07, 6.45) is 0. The molecule has 2 heterocycles. The van der Waals surface area contributed by atoms with Crippen LogP contribution in [0.5, 0.6) is 17.2 Å². The fraction of sp³-hybridized carbons (Fsp3) is 0.185. The Bertz CT molecular complexity index is 1340. The maximum Gasteiger partial charge on any atom is 0.278 e. The average Bonchev–Trinajstić information content (AvgIpc) is 3.39. The smallest absolute Gasteiger partial charge is 0.278 e. The number of nitrogens with one attached hydrogen (secondary N) is 1. The van der Waals surface area contributed by atoms with Crippen LogP contribution < -0.4 is 19.5 Å². The number of anilines is 1. The number of hydrogen-bond acceptors (Lipinski definition) is 6. The molecule has 7 heteroatoms. The normalized spacial score (nSPS) is 14.7. The lowest BCUT2D eigenvalue weighted by Gasteiger charge is -2.17. The molecule has 172 valence electrons. The number of benzene rings is 3. The molecule has 0 radical (unpaired) electrons. The number of rotatable bonds is 6. The van der Waals surface area contributed by atoms with Gasteiger partial charge in [0.25, 0.3) is 11.8 Å². The number of nitrogens with zero attached hydrogens (tertiary/aromatic N) is 1. The summed E-state index contributed by atoms with van der Waals surface area (Å²) in [5, 5.41) is 3.18. The van der Waals surface area contributed by atoms with Gasteiger partial charge < -0.3 is 19.5 Å². The van der Waals surface area contributed by atoms with Crippen LogP contribution in [0.4, 0.5) is 5.69 Å². The second-order valence-electron chi connectivity index (χ2n) is 8.25. The van der Waals surface area contributed by atoms with Gasteiger partial charge in [-0.1, -0.05) is 36.4 Å². The van der Waals surface area contributed by atoms with Crippen LogP contribution in [0.25, 0.3) is 5.57 Å². The van der Waals surface area contributed by atoms with Crippen molar-refractivity contribution in [2.45, 2.75) is 20.4 Å². The first kappa shape index (κ1) is 21.6. The molecule has 3 aromatic carbocycles. The number of ether oxygens (including phenoxy) is 3. The van der Waals surface area contributed by atoms with Crippen LogP contribution in [0.15, 0.2) is 66.4 Å². The molecular formula is C27H24N2O5. The van der Waals surface area contributed by atoms with Gasteiger partial charge in [0.2, 0.25) is 6.79 Å². The topological polar surface area (TPSA) is 77.1 Å². The quantitative estimate of drug-likeness (QED) is 0.553. The van der Waals surface area contributed by atoms with Gasteiger partial charge in [-0.3, -0.25) is 14.5 Å². The van der Waals surface area contributed by atoms with E-state index in [9.17, 15) is 9.59 Å². The van der Waals surface area contributed by atoms with E-state index in [1.165, 1.54) is 4.90 Å². The van der Waals surface area contributed by atoms with Crippen molar-refractivity contribution >= 4 is 23.1 Å². The third kappa shape index (κ3) is 3.75. The summed E-state index contributed by atoms with van der Waals surface area (Å²) in [7, 11) is 1.57. The predicted molar refractivity (Wildman–Crippen MR) is 128 cm³/mol. The fourth-order valence-electron chi connectivity index (χ4n) is 4.12. The van der Waals surface area contributed by atoms with Crippen molar-refractivity contribution in [1.82, 2.24) is 4.90 Å². The first-order valence-corrected chi connectivity index (χ1v) is 10.9. The monoisotopic (exact) mass is 456 g/mol. The lowest BCUT2D eigenvalue weighted by atomic mass is 9.99. The van der Waals surface area contributed by atoms with Gasteiger partial charge >= 0.3 is 0 Å². The first-order valence-electron chi connectivity index (χ1n) is 10.9. The zero-order chi connectivity index (χ0) is 23.8. The number of para-hydroxylation sites is 1. The second kappa shape index (κ2) is 8.59. The van der Waals surface area contributed by atoms with Crippen molar-refractivity contribution in [3.05, 3.63) is 88.6 Å². The van der Waals surface area contributed by atoms with E-state index >= 15 is 0 Å². The van der Waals surface area contributed by atoms with Gasteiger partial charge in [-0.25, -0.2) is 0 Å². The highest BCUT2D eigenvalue weighted by atomic mass is 16.7. The van der Waals surface area contributed by atoms with Crippen LogP contribution in [0.2, 0.25) is 0 Å². The molecular weight excluding hydrogens is 432 g/mol. The number of methoxy groups -OCH3 is 1. The zero-order valence-electron chi connectivity index (χ0n) is 19.2. The largest absolute Gasteiger partial charge is 0.496 e. The van der Waals surface area contributed by atoms with Crippen LogP contribution in [0.3, 0.4) is 0 Å². The average molecular weight is 456 g/mol. The SMILES string of the molecule is COc1ccccc1CN1C(=O)C(Nc2ccc3c(c2)OCO3)=C(c2ccc(C)c(C)c2)C1=O. The minimum absolute atomic E-state index is 0.0995. The van der Waals surface area contributed by atoms with Gasteiger partial charge in [0.1, 0.15) is 11.4 Å². The predicted octanol–water partition coefficient (Wildman–Crippen LogP) is 4.43. The van der Waals surface area contributed by atoms with Crippen molar-refractivity contribution in [1.29, 1.82) is 0 Å². The Labute approximate surface area is 197 Å². The summed E-state index contributed by atoms with van der Waals surface area (Å²) in [5.41, 5.74) is 4.76. The number of carbonyl (C=O) groups is 2. The molecule has 0 saturated carbocycles. The van der Waals surface area contributed by atoms with Crippen molar-refractivity contribution in [3.63, 3.8) is 0 Å². The highest BCUT2D eigenvalue weighted by Crippen LogP contribution is 2.37. The summed E-state index contributed by atoms with van der Waals surface area (Å²) in [6, 6.07) is 18.4. The highest BCUT2D eigenvalue weighted by Gasteiger charge is 2.39. The molecule has 0 fully saturated rings. The Morgan fingerprint density at radius 2 is 1.71 bits per heavy atom. The highest BCUT2D eigenvalue weighted by molar-refractivity contribution is 6.36. The summed E-state index contributed by atoms with van der Waals surface area (Å²) in [6.45, 7) is 4.24. The van der Waals surface area contributed by atoms with Gasteiger partial charge in [0, 0.05) is 17.3 Å². The van der Waals surface area contributed by atoms with Gasteiger partial charge in [-0.05, 0) is 48.7 Å². The molecule has 2 aliphatic rings. The summed E-state index contributed by atoms with van der Waals surface area (Å²) >= 11 is 0. The molecule has 2 amide bonds. The van der Waals surface area contributed by atoms with Crippen LogP contribution in [0, 0.1) is 13.8 Å². The van der Waals surface area contributed by atoms with Gasteiger partial charge in [-0.15, -0.1) is 0 Å². The molecule has 3 aromatic rings. The first-order chi connectivity index (χ1) is 16.5. The molecule has 7 nitrogen and oxygen atoms in total. The molecule has 0 saturated heterocycles. The molecule has 34 heavy (non-hydrogen) atoms. The number of amides is 2. The van der Waals surface area contributed by atoms with Crippen molar-refractivity contribution in [2.75, 3.05) is 19.2 Å². The molecule has 0 spiro atoms. The third-order valence-corrected chi connectivity index (χ3v) is 6.13. The summed E-state index contributed by atoms with van der Waals surface area (Å²) < 4.78 is 16.3. The number of aryl methyl sites for hydroxylation is 2. The number of hydrogen-bond donors (Lipinski definition) is 1. The van der Waals surface area contributed by atoms with Gasteiger partial charge in [0.05, 0.1) is 19.2 Å². The summed E-state index contributed by atoms with van der Waals surface area (Å²) in [4.78, 5) is 28.5. The van der Waals surface area contributed by atoms with Crippen LogP contribution in [0.1, 0.15) is 22.3 Å². The molecule has 0 aliphatic carbocycles. The minimum atomic E-state index is -0.401. The Kier molecular flexibility index (Phi) is 5.45. The Morgan fingerprint density at radius 1 is 0.912 bits per heavy atom. The van der Waals surface area contributed by atoms with E-state index in [1.807, 2.05) is 56.3 Å². The minimum Gasteiger partial charge on any atom is -0.496 e. The van der Waals surface area contributed by atoms with E-state index in [0.717, 1.165) is 16.7 Å². The van der Waals surface area contributed by atoms with E-state index in [4.69, 9.17) is 14.2 Å². The standard InChI is InChI=1S/C27H24N2O5/c1-16-8-9-18(12-17(16)2)24-25(28-20-10-11-22-23(13-20)34-15-33-22)27(31)29(26(24)30)14-19-6-4-5-7-21(19)32-3/h4-13,28H,14-15H2,1-3H3. The lowest BCUT2D eigenvalue weighted by molar-refractivity contribution is -0.137. The van der Waals surface area contributed by atoms with Crippen LogP contribution in [-0.2, 0) is 16.1 Å². The maximum atomic E-state index is 13.6. The van der Waals surface area contributed by atoms with Crippen molar-refractivity contribution in [2.24, 2.45) is 0 Å². The van der Waals surface area contributed by atoms with E-state index in [-0.39, 0.29) is 24.9 Å². The number of fused-ring (bicyclic) bond motifs is 1. The fourth-order valence-corrected chi connectivity index (χ4v) is 4.12. The molecule has 1 N–H and O–H groups in total. The van der Waals surface area contributed by atoms with Crippen LogP contribution in [-0.4, -0.2) is 30.6 Å². The Morgan fingerprint density at radius 3 is 2.50 bits per heavy atom. The van der Waals surface area contributed by atoms with E-state index in [0.29, 0.717) is 34.1 Å². The van der Waals surface area contributed by atoms with Gasteiger partial charge in [0.15, 0.2) is 11.5 Å². The lowest BCUT2D eigenvalue weighted by Crippen LogP contribution is -2.32. The molecule has 0 atom stereocenters. The number of imide groups is 1. The molecule has 0 aromatic heterocycles. The van der Waals surface area contributed by atoms with E-state index in [1.54, 1.807) is 25.3 Å². The molecule has 0 bridgehead atoms.